The number of hydrogen-bond acceptors (Lipinski definition) is 6. The number of ether oxygens (including phenoxy) is 1. The van der Waals surface area contributed by atoms with Gasteiger partial charge in [-0.3, -0.25) is 0 Å². The summed E-state index contributed by atoms with van der Waals surface area (Å²) in [7, 11) is 0. The molecule has 78 valence electrons. The van der Waals surface area contributed by atoms with Gasteiger partial charge in [0.1, 0.15) is 24.4 Å². The van der Waals surface area contributed by atoms with Crippen LogP contribution in [-0.4, -0.2) is 62.3 Å². The first-order chi connectivity index (χ1) is 5.90. The van der Waals surface area contributed by atoms with Gasteiger partial charge in [-0.15, -0.1) is 0 Å². The van der Waals surface area contributed by atoms with Crippen LogP contribution in [0.4, 0.5) is 0 Å². The van der Waals surface area contributed by atoms with Crippen molar-refractivity contribution in [1.82, 2.24) is 0 Å². The van der Waals surface area contributed by atoms with Gasteiger partial charge < -0.3 is 30.3 Å². The fraction of sp³-hybridized carbons (Fsp3) is 1.00. The van der Waals surface area contributed by atoms with E-state index in [0.29, 0.717) is 0 Å². The van der Waals surface area contributed by atoms with Gasteiger partial charge in [0, 0.05) is 0 Å². The number of hydrogen-bond donors (Lipinski definition) is 5. The smallest absolute Gasteiger partial charge is 0.192 e. The highest BCUT2D eigenvalue weighted by molar-refractivity contribution is 4.93. The van der Waals surface area contributed by atoms with E-state index in [1.165, 1.54) is 0 Å². The predicted molar refractivity (Wildman–Crippen MR) is 40.6 cm³/mol. The van der Waals surface area contributed by atoms with Gasteiger partial charge in [0.05, 0.1) is 6.61 Å². The highest BCUT2D eigenvalue weighted by Gasteiger charge is 2.49. The predicted octanol–water partition coefficient (Wildman–Crippen LogP) is -2.83. The van der Waals surface area contributed by atoms with E-state index in [1.807, 2.05) is 0 Å². The lowest BCUT2D eigenvalue weighted by atomic mass is 9.94. The van der Waals surface area contributed by atoms with Crippen molar-refractivity contribution in [2.45, 2.75) is 37.1 Å². The van der Waals surface area contributed by atoms with Gasteiger partial charge >= 0.3 is 0 Å². The lowest BCUT2D eigenvalue weighted by Gasteiger charge is -2.43. The summed E-state index contributed by atoms with van der Waals surface area (Å²) in [6.45, 7) is 0.608. The van der Waals surface area contributed by atoms with Crippen LogP contribution >= 0.6 is 0 Å². The maximum atomic E-state index is 9.38. The van der Waals surface area contributed by atoms with E-state index in [0.717, 1.165) is 6.92 Å². The Morgan fingerprint density at radius 3 is 2.23 bits per heavy atom. The van der Waals surface area contributed by atoms with Crippen molar-refractivity contribution in [3.63, 3.8) is 0 Å². The standard InChI is InChI=1S/C7H14O6/c1-7(12)6(11)5(10)4(9)3(2-8)13-7/h3-6,8-12H,2H2,1H3/t3-,4-,5+,6-,7+/m1/s1. The molecule has 0 aromatic carbocycles. The minimum atomic E-state index is -1.95. The SMILES string of the molecule is C[C@]1(O)O[C@H](CO)[C@@H](O)[C@H](O)[C@H]1O. The quantitative estimate of drug-likeness (QED) is 0.308. The van der Waals surface area contributed by atoms with E-state index < -0.39 is 36.8 Å². The van der Waals surface area contributed by atoms with E-state index >= 15 is 0 Å². The summed E-state index contributed by atoms with van der Waals surface area (Å²) in [5, 5.41) is 45.8. The lowest BCUT2D eigenvalue weighted by Crippen LogP contribution is -2.63. The Bertz CT molecular complexity index is 180. The topological polar surface area (TPSA) is 110 Å². The van der Waals surface area contributed by atoms with Gasteiger partial charge in [0.25, 0.3) is 0 Å². The Morgan fingerprint density at radius 1 is 1.23 bits per heavy atom. The van der Waals surface area contributed by atoms with Crippen molar-refractivity contribution in [3.05, 3.63) is 0 Å². The molecule has 1 rings (SSSR count). The van der Waals surface area contributed by atoms with E-state index in [9.17, 15) is 20.4 Å². The molecule has 1 aliphatic heterocycles. The first kappa shape index (κ1) is 10.8. The first-order valence-electron chi connectivity index (χ1n) is 3.95. The molecule has 0 aliphatic carbocycles. The van der Waals surface area contributed by atoms with Crippen LogP contribution in [0.25, 0.3) is 0 Å². The molecule has 0 amide bonds. The van der Waals surface area contributed by atoms with Gasteiger partial charge in [0.2, 0.25) is 0 Å². The summed E-state index contributed by atoms with van der Waals surface area (Å²) in [4.78, 5) is 0. The van der Waals surface area contributed by atoms with E-state index in [4.69, 9.17) is 9.84 Å². The maximum Gasteiger partial charge on any atom is 0.192 e. The second-order valence-corrected chi connectivity index (χ2v) is 3.32. The van der Waals surface area contributed by atoms with Gasteiger partial charge in [-0.1, -0.05) is 0 Å². The third kappa shape index (κ3) is 1.83. The van der Waals surface area contributed by atoms with E-state index in [1.54, 1.807) is 0 Å². The third-order valence-electron chi connectivity index (χ3n) is 2.17. The van der Waals surface area contributed by atoms with Gasteiger partial charge in [-0.05, 0) is 6.92 Å². The van der Waals surface area contributed by atoms with E-state index in [2.05, 4.69) is 0 Å². The summed E-state index contributed by atoms with van der Waals surface area (Å²) < 4.78 is 4.76. The first-order valence-corrected chi connectivity index (χ1v) is 3.95. The van der Waals surface area contributed by atoms with Crippen LogP contribution in [-0.2, 0) is 4.74 Å². The van der Waals surface area contributed by atoms with Crippen LogP contribution in [0.5, 0.6) is 0 Å². The molecule has 13 heavy (non-hydrogen) atoms. The fourth-order valence-electron chi connectivity index (χ4n) is 1.31. The van der Waals surface area contributed by atoms with Crippen molar-refractivity contribution in [2.24, 2.45) is 0 Å². The lowest BCUT2D eigenvalue weighted by molar-refractivity contribution is -0.341. The molecule has 0 spiro atoms. The second-order valence-electron chi connectivity index (χ2n) is 3.32. The Balaban J connectivity index is 2.79. The van der Waals surface area contributed by atoms with Crippen LogP contribution in [0.15, 0.2) is 0 Å². The molecule has 5 N–H and O–H groups in total. The van der Waals surface area contributed by atoms with Gasteiger partial charge in [0.15, 0.2) is 5.79 Å². The normalized spacial score (nSPS) is 52.2. The summed E-state index contributed by atoms with van der Waals surface area (Å²) in [5.74, 6) is -1.95. The molecule has 0 aromatic rings. The Kier molecular flexibility index (Phi) is 2.91. The molecule has 0 bridgehead atoms. The zero-order valence-electron chi connectivity index (χ0n) is 7.16. The minimum absolute atomic E-state index is 0.541. The second kappa shape index (κ2) is 3.49. The van der Waals surface area contributed by atoms with E-state index in [-0.39, 0.29) is 0 Å². The molecule has 6 heteroatoms. The minimum Gasteiger partial charge on any atom is -0.394 e. The van der Waals surface area contributed by atoms with Gasteiger partial charge in [-0.25, -0.2) is 0 Å². The van der Waals surface area contributed by atoms with Crippen LogP contribution in [0.1, 0.15) is 6.92 Å². The zero-order chi connectivity index (χ0) is 10.2. The number of aliphatic hydroxyl groups is 5. The van der Waals surface area contributed by atoms with Crippen molar-refractivity contribution in [2.75, 3.05) is 6.61 Å². The molecule has 1 fully saturated rings. The largest absolute Gasteiger partial charge is 0.394 e. The molecular formula is C7H14O6. The third-order valence-corrected chi connectivity index (χ3v) is 2.17. The fourth-order valence-corrected chi connectivity index (χ4v) is 1.31. The maximum absolute atomic E-state index is 9.38. The van der Waals surface area contributed by atoms with Crippen molar-refractivity contribution < 1.29 is 30.3 Å². The molecule has 0 aromatic heterocycles. The van der Waals surface area contributed by atoms with Crippen molar-refractivity contribution in [3.8, 4) is 0 Å². The Labute approximate surface area is 75.0 Å². The van der Waals surface area contributed by atoms with Crippen LogP contribution in [0, 0.1) is 0 Å². The van der Waals surface area contributed by atoms with Crippen molar-refractivity contribution >= 4 is 0 Å². The molecule has 6 nitrogen and oxygen atoms in total. The molecule has 5 atom stereocenters. The summed E-state index contributed by atoms with van der Waals surface area (Å²) >= 11 is 0. The average molecular weight is 194 g/mol. The summed E-state index contributed by atoms with van der Waals surface area (Å²) in [6, 6.07) is 0. The molecule has 1 saturated heterocycles. The van der Waals surface area contributed by atoms with Crippen molar-refractivity contribution in [1.29, 1.82) is 0 Å². The zero-order valence-corrected chi connectivity index (χ0v) is 7.16. The number of aliphatic hydroxyl groups excluding tert-OH is 4. The van der Waals surface area contributed by atoms with Crippen LogP contribution in [0.2, 0.25) is 0 Å². The summed E-state index contributed by atoms with van der Waals surface area (Å²) in [5.41, 5.74) is 0. The number of rotatable bonds is 1. The molecule has 0 saturated carbocycles. The average Bonchev–Trinajstić information content (AvgIpc) is 2.08. The summed E-state index contributed by atoms with van der Waals surface area (Å²) in [6.07, 6.45) is -5.61. The molecule has 0 radical (unpaired) electrons. The highest BCUT2D eigenvalue weighted by Crippen LogP contribution is 2.27. The van der Waals surface area contributed by atoms with Gasteiger partial charge in [-0.2, -0.15) is 0 Å². The molecule has 1 heterocycles. The Morgan fingerprint density at radius 2 is 1.77 bits per heavy atom. The van der Waals surface area contributed by atoms with Crippen LogP contribution in [0.3, 0.4) is 0 Å². The molecule has 0 unspecified atom stereocenters. The highest BCUT2D eigenvalue weighted by atomic mass is 16.7. The molecular weight excluding hydrogens is 180 g/mol. The Hall–Kier alpha value is -0.240. The monoisotopic (exact) mass is 194 g/mol. The molecule has 1 aliphatic rings. The van der Waals surface area contributed by atoms with Crippen LogP contribution < -0.4 is 0 Å².